The molecule has 0 unspecified atom stereocenters. The zero-order valence-electron chi connectivity index (χ0n) is 9.96. The molecule has 1 amide bonds. The number of benzene rings is 1. The zero-order chi connectivity index (χ0) is 13.1. The number of nitrogens with zero attached hydrogens (tertiary/aromatic N) is 1. The number of nitrogens with one attached hydrogen (secondary N) is 2. The molecule has 3 rings (SSSR count). The molecule has 94 valence electrons. The number of aliphatic imine (C=N–C) groups is 1. The molecule has 0 spiro atoms. The Kier molecular flexibility index (Phi) is 2.86. The Morgan fingerprint density at radius 3 is 2.63 bits per heavy atom. The van der Waals surface area contributed by atoms with Crippen LogP contribution in [-0.2, 0) is 4.79 Å². The normalized spacial score (nSPS) is 16.7. The van der Waals surface area contributed by atoms with E-state index in [0.717, 1.165) is 5.56 Å². The van der Waals surface area contributed by atoms with E-state index in [1.54, 1.807) is 24.5 Å². The summed E-state index contributed by atoms with van der Waals surface area (Å²) in [5, 5.41) is 0. The molecule has 0 aliphatic carbocycles. The van der Waals surface area contributed by atoms with Crippen molar-refractivity contribution in [1.82, 2.24) is 10.9 Å². The van der Waals surface area contributed by atoms with Gasteiger partial charge in [-0.3, -0.25) is 15.6 Å². The zero-order valence-corrected chi connectivity index (χ0v) is 9.96. The molecule has 0 saturated heterocycles. The first-order chi connectivity index (χ1) is 9.33. The summed E-state index contributed by atoms with van der Waals surface area (Å²) < 4.78 is 5.18. The number of amidine groups is 1. The SMILES string of the molecule is O=C1NNC(c2ccccc2)=N/C1=C\c1ccco1. The summed E-state index contributed by atoms with van der Waals surface area (Å²) in [5.74, 6) is 0.886. The lowest BCUT2D eigenvalue weighted by Gasteiger charge is -2.17. The van der Waals surface area contributed by atoms with Gasteiger partial charge in [0.2, 0.25) is 0 Å². The third-order valence-electron chi connectivity index (χ3n) is 2.63. The smallest absolute Gasteiger partial charge is 0.288 e. The molecule has 1 aliphatic rings. The van der Waals surface area contributed by atoms with E-state index < -0.39 is 0 Å². The monoisotopic (exact) mass is 253 g/mol. The average Bonchev–Trinajstić information content (AvgIpc) is 2.95. The van der Waals surface area contributed by atoms with E-state index in [2.05, 4.69) is 15.8 Å². The van der Waals surface area contributed by atoms with Crippen LogP contribution >= 0.6 is 0 Å². The summed E-state index contributed by atoms with van der Waals surface area (Å²) in [7, 11) is 0. The van der Waals surface area contributed by atoms with Gasteiger partial charge in [-0.1, -0.05) is 30.3 Å². The Hall–Kier alpha value is -2.82. The van der Waals surface area contributed by atoms with E-state index in [1.807, 2.05) is 30.3 Å². The van der Waals surface area contributed by atoms with Gasteiger partial charge in [0.15, 0.2) is 5.84 Å². The summed E-state index contributed by atoms with van der Waals surface area (Å²) in [6.07, 6.45) is 3.15. The lowest BCUT2D eigenvalue weighted by Crippen LogP contribution is -2.46. The maximum atomic E-state index is 11.7. The van der Waals surface area contributed by atoms with Crippen molar-refractivity contribution in [2.24, 2.45) is 4.99 Å². The van der Waals surface area contributed by atoms with E-state index in [9.17, 15) is 4.79 Å². The minimum Gasteiger partial charge on any atom is -0.465 e. The molecule has 2 N–H and O–H groups in total. The topological polar surface area (TPSA) is 66.6 Å². The fraction of sp³-hybridized carbons (Fsp3) is 0. The molecule has 5 nitrogen and oxygen atoms in total. The fourth-order valence-electron chi connectivity index (χ4n) is 1.72. The highest BCUT2D eigenvalue weighted by Crippen LogP contribution is 2.12. The van der Waals surface area contributed by atoms with Crippen molar-refractivity contribution in [3.63, 3.8) is 0 Å². The van der Waals surface area contributed by atoms with Crippen molar-refractivity contribution in [3.05, 3.63) is 65.7 Å². The minimum absolute atomic E-state index is 0.295. The second kappa shape index (κ2) is 4.81. The van der Waals surface area contributed by atoms with Crippen molar-refractivity contribution in [1.29, 1.82) is 0 Å². The van der Waals surface area contributed by atoms with Crippen LogP contribution < -0.4 is 10.9 Å². The minimum atomic E-state index is -0.295. The summed E-state index contributed by atoms with van der Waals surface area (Å²) in [6, 6.07) is 13.1. The molecule has 0 atom stereocenters. The average molecular weight is 253 g/mol. The van der Waals surface area contributed by atoms with Crippen molar-refractivity contribution in [2.45, 2.75) is 0 Å². The van der Waals surface area contributed by atoms with E-state index in [0.29, 0.717) is 17.3 Å². The van der Waals surface area contributed by atoms with Gasteiger partial charge in [0.05, 0.1) is 6.26 Å². The fourth-order valence-corrected chi connectivity index (χ4v) is 1.72. The number of carbonyl (C=O) groups excluding carboxylic acids is 1. The molecule has 1 aromatic carbocycles. The van der Waals surface area contributed by atoms with Gasteiger partial charge in [-0.25, -0.2) is 4.99 Å². The number of hydrogen-bond donors (Lipinski definition) is 2. The number of rotatable bonds is 2. The van der Waals surface area contributed by atoms with Crippen LogP contribution in [0.2, 0.25) is 0 Å². The summed E-state index contributed by atoms with van der Waals surface area (Å²) in [5.41, 5.74) is 6.53. The number of amides is 1. The summed E-state index contributed by atoms with van der Waals surface area (Å²) in [4.78, 5) is 16.0. The molecule has 2 aromatic rings. The third kappa shape index (κ3) is 2.40. The highest BCUT2D eigenvalue weighted by Gasteiger charge is 2.17. The Labute approximate surface area is 109 Å². The lowest BCUT2D eigenvalue weighted by atomic mass is 10.2. The van der Waals surface area contributed by atoms with Gasteiger partial charge >= 0.3 is 0 Å². The van der Waals surface area contributed by atoms with E-state index in [1.165, 1.54) is 0 Å². The lowest BCUT2D eigenvalue weighted by molar-refractivity contribution is -0.118. The molecule has 0 bridgehead atoms. The van der Waals surface area contributed by atoms with Crippen LogP contribution in [0.3, 0.4) is 0 Å². The van der Waals surface area contributed by atoms with Crippen molar-refractivity contribution in [2.75, 3.05) is 0 Å². The van der Waals surface area contributed by atoms with Gasteiger partial charge < -0.3 is 4.42 Å². The van der Waals surface area contributed by atoms with Crippen molar-refractivity contribution >= 4 is 17.8 Å². The quantitative estimate of drug-likeness (QED) is 0.800. The second-order valence-electron chi connectivity index (χ2n) is 3.95. The van der Waals surface area contributed by atoms with Crippen LogP contribution in [0.5, 0.6) is 0 Å². The van der Waals surface area contributed by atoms with Gasteiger partial charge in [0.1, 0.15) is 11.5 Å². The van der Waals surface area contributed by atoms with Crippen LogP contribution in [0, 0.1) is 0 Å². The largest absolute Gasteiger partial charge is 0.465 e. The van der Waals surface area contributed by atoms with Crippen LogP contribution in [0.15, 0.2) is 63.8 Å². The Bertz CT molecular complexity index is 643. The number of hydrogen-bond acceptors (Lipinski definition) is 4. The highest BCUT2D eigenvalue weighted by molar-refractivity contribution is 6.09. The Morgan fingerprint density at radius 1 is 1.05 bits per heavy atom. The van der Waals surface area contributed by atoms with E-state index in [-0.39, 0.29) is 5.91 Å². The van der Waals surface area contributed by atoms with Gasteiger partial charge in [0, 0.05) is 11.6 Å². The Morgan fingerprint density at radius 2 is 1.89 bits per heavy atom. The van der Waals surface area contributed by atoms with Gasteiger partial charge in [-0.2, -0.15) is 0 Å². The molecule has 0 saturated carbocycles. The standard InChI is InChI=1S/C14H11N3O2/c18-14-12(9-11-7-4-8-19-11)15-13(16-17-14)10-5-2-1-3-6-10/h1-9H,(H,15,16)(H,17,18)/b12-9-. The number of carbonyl (C=O) groups is 1. The van der Waals surface area contributed by atoms with Crippen LogP contribution in [0.25, 0.3) is 6.08 Å². The Balaban J connectivity index is 1.98. The predicted octanol–water partition coefficient (Wildman–Crippen LogP) is 1.70. The van der Waals surface area contributed by atoms with Crippen LogP contribution in [-0.4, -0.2) is 11.7 Å². The number of furan rings is 1. The molecule has 1 aromatic heterocycles. The molecule has 19 heavy (non-hydrogen) atoms. The van der Waals surface area contributed by atoms with Crippen LogP contribution in [0.4, 0.5) is 0 Å². The first-order valence-corrected chi connectivity index (χ1v) is 5.78. The first kappa shape index (κ1) is 11.3. The first-order valence-electron chi connectivity index (χ1n) is 5.78. The highest BCUT2D eigenvalue weighted by atomic mass is 16.3. The maximum Gasteiger partial charge on any atom is 0.288 e. The summed E-state index contributed by atoms with van der Waals surface area (Å²) >= 11 is 0. The molecular weight excluding hydrogens is 242 g/mol. The predicted molar refractivity (Wildman–Crippen MR) is 70.9 cm³/mol. The van der Waals surface area contributed by atoms with Crippen molar-refractivity contribution < 1.29 is 9.21 Å². The van der Waals surface area contributed by atoms with Crippen molar-refractivity contribution in [3.8, 4) is 0 Å². The molecule has 0 radical (unpaired) electrons. The van der Waals surface area contributed by atoms with Gasteiger partial charge in [0.25, 0.3) is 5.91 Å². The molecule has 5 heteroatoms. The van der Waals surface area contributed by atoms with E-state index in [4.69, 9.17) is 4.42 Å². The molecule has 1 aliphatic heterocycles. The molecule has 2 heterocycles. The molecule has 0 fully saturated rings. The van der Waals surface area contributed by atoms with Gasteiger partial charge in [-0.15, -0.1) is 0 Å². The van der Waals surface area contributed by atoms with Gasteiger partial charge in [-0.05, 0) is 12.1 Å². The van der Waals surface area contributed by atoms with E-state index >= 15 is 0 Å². The molecular formula is C14H11N3O2. The number of hydrazine groups is 1. The van der Waals surface area contributed by atoms with Crippen LogP contribution in [0.1, 0.15) is 11.3 Å². The second-order valence-corrected chi connectivity index (χ2v) is 3.95. The summed E-state index contributed by atoms with van der Waals surface area (Å²) in [6.45, 7) is 0. The third-order valence-corrected chi connectivity index (χ3v) is 2.63. The maximum absolute atomic E-state index is 11.7.